The van der Waals surface area contributed by atoms with Crippen LogP contribution in [0.3, 0.4) is 0 Å². The van der Waals surface area contributed by atoms with Crippen molar-refractivity contribution in [3.8, 4) is 11.8 Å². The molecule has 2 heterocycles. The maximum atomic E-state index is 12.7. The quantitative estimate of drug-likeness (QED) is 0.305. The molecule has 37 heavy (non-hydrogen) atoms. The van der Waals surface area contributed by atoms with Gasteiger partial charge in [-0.2, -0.15) is 0 Å². The van der Waals surface area contributed by atoms with E-state index in [1.54, 1.807) is 23.7 Å². The molecule has 8 heteroatoms. The highest BCUT2D eigenvalue weighted by Gasteiger charge is 2.31. The summed E-state index contributed by atoms with van der Waals surface area (Å²) in [4.78, 5) is 27.3. The van der Waals surface area contributed by atoms with Crippen LogP contribution < -0.4 is 10.8 Å². The topological polar surface area (TPSA) is 100 Å². The molecule has 0 bridgehead atoms. The zero-order chi connectivity index (χ0) is 25.9. The van der Waals surface area contributed by atoms with Gasteiger partial charge in [-0.15, -0.1) is 0 Å². The van der Waals surface area contributed by atoms with E-state index in [1.165, 1.54) is 5.56 Å². The Balaban J connectivity index is 1.29. The van der Waals surface area contributed by atoms with Gasteiger partial charge < -0.3 is 14.8 Å². The average Bonchev–Trinajstić information content (AvgIpc) is 2.95. The summed E-state index contributed by atoms with van der Waals surface area (Å²) in [5.41, 5.74) is 5.22. The van der Waals surface area contributed by atoms with Crippen molar-refractivity contribution in [1.82, 2.24) is 15.7 Å². The first-order chi connectivity index (χ1) is 18.1. The van der Waals surface area contributed by atoms with Gasteiger partial charge in [-0.05, 0) is 66.3 Å². The van der Waals surface area contributed by atoms with E-state index >= 15 is 0 Å². The van der Waals surface area contributed by atoms with Gasteiger partial charge in [-0.3, -0.25) is 19.7 Å². The fraction of sp³-hybridized carbons (Fsp3) is 0.379. The van der Waals surface area contributed by atoms with Crippen molar-refractivity contribution in [2.75, 3.05) is 39.5 Å². The molecule has 2 fully saturated rings. The molecule has 2 aliphatic rings. The van der Waals surface area contributed by atoms with E-state index in [2.05, 4.69) is 34.2 Å². The molecule has 8 nitrogen and oxygen atoms in total. The van der Waals surface area contributed by atoms with Crippen LogP contribution in [0.4, 0.5) is 0 Å². The lowest BCUT2D eigenvalue weighted by Gasteiger charge is -2.29. The number of hydrogen-bond donors (Lipinski definition) is 3. The van der Waals surface area contributed by atoms with Gasteiger partial charge in [0, 0.05) is 44.0 Å². The number of hydroxylamine groups is 1. The highest BCUT2D eigenvalue weighted by Crippen LogP contribution is 2.20. The van der Waals surface area contributed by atoms with Gasteiger partial charge in [-0.1, -0.05) is 36.1 Å². The van der Waals surface area contributed by atoms with Crippen molar-refractivity contribution >= 4 is 17.9 Å². The van der Waals surface area contributed by atoms with Crippen molar-refractivity contribution in [2.24, 2.45) is 5.92 Å². The number of nitrogens with zero attached hydrogens (tertiary/aromatic N) is 1. The van der Waals surface area contributed by atoms with Crippen LogP contribution in [0, 0.1) is 17.8 Å². The number of carbonyl (C=O) groups excluding carboxylic acids is 2. The van der Waals surface area contributed by atoms with Crippen molar-refractivity contribution in [1.29, 1.82) is 0 Å². The monoisotopic (exact) mass is 503 g/mol. The van der Waals surface area contributed by atoms with Gasteiger partial charge in [0.25, 0.3) is 11.8 Å². The third kappa shape index (κ3) is 8.00. The molecule has 3 N–H and O–H groups in total. The Morgan fingerprint density at radius 1 is 1.00 bits per heavy atom. The van der Waals surface area contributed by atoms with Gasteiger partial charge in [0.2, 0.25) is 0 Å². The molecule has 194 valence electrons. The van der Waals surface area contributed by atoms with Crippen LogP contribution in [0.2, 0.25) is 0 Å². The number of nitrogens with one attached hydrogen (secondary N) is 2. The van der Waals surface area contributed by atoms with E-state index in [0.29, 0.717) is 31.6 Å². The number of rotatable bonds is 7. The Labute approximate surface area is 217 Å². The summed E-state index contributed by atoms with van der Waals surface area (Å²) in [6.45, 7) is 5.51. The largest absolute Gasteiger partial charge is 0.381 e. The first kappa shape index (κ1) is 26.6. The smallest absolute Gasteiger partial charge is 0.266 e. The van der Waals surface area contributed by atoms with Crippen LogP contribution >= 0.6 is 0 Å². The van der Waals surface area contributed by atoms with Crippen molar-refractivity contribution in [2.45, 2.75) is 25.4 Å². The molecule has 0 unspecified atom stereocenters. The molecular formula is C29H33N3O5. The Morgan fingerprint density at radius 2 is 1.68 bits per heavy atom. The first-order valence-corrected chi connectivity index (χ1v) is 12.6. The minimum absolute atomic E-state index is 0.0911. The number of hydrogen-bond acceptors (Lipinski definition) is 6. The maximum Gasteiger partial charge on any atom is 0.266 e. The molecule has 0 aliphatic carbocycles. The zero-order valence-electron chi connectivity index (χ0n) is 20.8. The van der Waals surface area contributed by atoms with Crippen molar-refractivity contribution in [3.05, 3.63) is 76.9 Å². The van der Waals surface area contributed by atoms with Gasteiger partial charge in [0.1, 0.15) is 6.04 Å². The minimum Gasteiger partial charge on any atom is -0.381 e. The van der Waals surface area contributed by atoms with Gasteiger partial charge in [-0.25, -0.2) is 5.48 Å². The predicted octanol–water partition coefficient (Wildman–Crippen LogP) is 2.61. The lowest BCUT2D eigenvalue weighted by Crippen LogP contribution is -2.51. The molecule has 0 spiro atoms. The molecule has 2 aliphatic heterocycles. The predicted molar refractivity (Wildman–Crippen MR) is 140 cm³/mol. The molecule has 2 saturated heterocycles. The van der Waals surface area contributed by atoms with Crippen LogP contribution in [0.5, 0.6) is 0 Å². The van der Waals surface area contributed by atoms with Crippen LogP contribution in [0.25, 0.3) is 6.08 Å². The molecule has 2 amide bonds. The molecule has 4 rings (SSSR count). The fourth-order valence-corrected chi connectivity index (χ4v) is 4.46. The van der Waals surface area contributed by atoms with Crippen LogP contribution in [-0.2, 0) is 20.8 Å². The normalized spacial score (nSPS) is 17.5. The van der Waals surface area contributed by atoms with Crippen molar-refractivity contribution < 1.29 is 24.3 Å². The van der Waals surface area contributed by atoms with Gasteiger partial charge >= 0.3 is 0 Å². The Hall–Kier alpha value is -3.48. The molecule has 2 aromatic carbocycles. The number of allylic oxidation sites excluding steroid dienone is 1. The second-order valence-electron chi connectivity index (χ2n) is 9.19. The average molecular weight is 504 g/mol. The summed E-state index contributed by atoms with van der Waals surface area (Å²) < 4.78 is 10.7. The Morgan fingerprint density at radius 3 is 2.35 bits per heavy atom. The molecule has 0 aromatic heterocycles. The van der Waals surface area contributed by atoms with Crippen LogP contribution in [0.15, 0.2) is 54.6 Å². The number of carbonyl (C=O) groups is 2. The summed E-state index contributed by atoms with van der Waals surface area (Å²) in [5, 5.41) is 11.9. The number of benzene rings is 2. The van der Waals surface area contributed by atoms with E-state index in [1.807, 2.05) is 30.3 Å². The summed E-state index contributed by atoms with van der Waals surface area (Å²) >= 11 is 0. The van der Waals surface area contributed by atoms with E-state index in [9.17, 15) is 9.59 Å². The van der Waals surface area contributed by atoms with Crippen molar-refractivity contribution in [3.63, 3.8) is 0 Å². The van der Waals surface area contributed by atoms with Crippen LogP contribution in [0.1, 0.15) is 39.9 Å². The van der Waals surface area contributed by atoms with Gasteiger partial charge in [0.15, 0.2) is 0 Å². The highest BCUT2D eigenvalue weighted by molar-refractivity contribution is 5.97. The Kier molecular flexibility index (Phi) is 9.86. The summed E-state index contributed by atoms with van der Waals surface area (Å²) in [5.74, 6) is 5.12. The zero-order valence-corrected chi connectivity index (χ0v) is 20.8. The first-order valence-electron chi connectivity index (χ1n) is 12.6. The lowest BCUT2D eigenvalue weighted by atomic mass is 9.91. The SMILES string of the molecule is O=C(N[C@H](C(=O)NO)C1CCOCC1)c1ccc(C=CC#Cc2ccc(CN3CCOCC3)cc2)cc1. The molecule has 2 aromatic rings. The third-order valence-corrected chi connectivity index (χ3v) is 6.63. The second-order valence-corrected chi connectivity index (χ2v) is 9.19. The van der Waals surface area contributed by atoms with E-state index in [-0.39, 0.29) is 11.8 Å². The summed E-state index contributed by atoms with van der Waals surface area (Å²) in [6, 6.07) is 14.5. The van der Waals surface area contributed by atoms with Crippen LogP contribution in [-0.4, -0.2) is 67.5 Å². The fourth-order valence-electron chi connectivity index (χ4n) is 4.46. The Bertz CT molecular complexity index is 1120. The lowest BCUT2D eigenvalue weighted by molar-refractivity contribution is -0.133. The van der Waals surface area contributed by atoms with E-state index < -0.39 is 11.9 Å². The molecule has 0 radical (unpaired) electrons. The minimum atomic E-state index is -0.815. The van der Waals surface area contributed by atoms with E-state index in [4.69, 9.17) is 14.7 Å². The molecular weight excluding hydrogens is 470 g/mol. The summed E-state index contributed by atoms with van der Waals surface area (Å²) in [6.07, 6.45) is 4.94. The number of morpholine rings is 1. The highest BCUT2D eigenvalue weighted by atomic mass is 16.5. The number of ether oxygens (including phenoxy) is 2. The maximum absolute atomic E-state index is 12.7. The number of amides is 2. The van der Waals surface area contributed by atoms with Gasteiger partial charge in [0.05, 0.1) is 13.2 Å². The van der Waals surface area contributed by atoms with E-state index in [0.717, 1.165) is 44.0 Å². The molecule has 0 saturated carbocycles. The third-order valence-electron chi connectivity index (χ3n) is 6.63. The second kappa shape index (κ2) is 13.7. The summed E-state index contributed by atoms with van der Waals surface area (Å²) in [7, 11) is 0. The standard InChI is InChI=1S/C29H33N3O5/c33-28(30-27(29(34)31-35)25-13-17-36-18-14-25)26-11-9-23(10-12-26)4-2-1-3-22-5-7-24(8-6-22)21-32-15-19-37-20-16-32/h2,4-12,25,27,35H,13-21H2,(H,30,33)(H,31,34)/t27-/m0/s1. The molecule has 1 atom stereocenters.